The van der Waals surface area contributed by atoms with Gasteiger partial charge in [0.15, 0.2) is 0 Å². The number of anilines is 1. The van der Waals surface area contributed by atoms with Gasteiger partial charge in [-0.2, -0.15) is 0 Å². The average molecular weight is 436 g/mol. The number of carbonyl (C=O) groups is 1. The smallest absolute Gasteiger partial charge is 0.227 e. The minimum absolute atomic E-state index is 0.0238. The zero-order valence-electron chi connectivity index (χ0n) is 18.0. The third-order valence-electron chi connectivity index (χ3n) is 6.49. The Hall–Kier alpha value is -3.99. The summed E-state index contributed by atoms with van der Waals surface area (Å²) in [6.07, 6.45) is 0.413. The van der Waals surface area contributed by atoms with Gasteiger partial charge in [-0.1, -0.05) is 60.7 Å². The van der Waals surface area contributed by atoms with Crippen molar-refractivity contribution in [2.75, 3.05) is 11.4 Å². The summed E-state index contributed by atoms with van der Waals surface area (Å²) in [7, 11) is 0. The lowest BCUT2D eigenvalue weighted by molar-refractivity contribution is -0.117. The maximum absolute atomic E-state index is 13.4. The number of fused-ring (bicyclic) bond motifs is 2. The van der Waals surface area contributed by atoms with E-state index in [9.17, 15) is 9.18 Å². The zero-order chi connectivity index (χ0) is 22.4. The van der Waals surface area contributed by atoms with Crippen molar-refractivity contribution in [2.45, 2.75) is 18.9 Å². The van der Waals surface area contributed by atoms with Crippen LogP contribution in [0, 0.1) is 5.82 Å². The number of hydrogen-bond acceptors (Lipinski definition) is 2. The summed E-state index contributed by atoms with van der Waals surface area (Å²) in [6.45, 7) is 1.16. The van der Waals surface area contributed by atoms with Crippen LogP contribution in [0.3, 0.4) is 0 Å². The fourth-order valence-electron chi connectivity index (χ4n) is 4.90. The topological polar surface area (TPSA) is 38.1 Å². The van der Waals surface area contributed by atoms with E-state index in [0.29, 0.717) is 19.5 Å². The minimum Gasteiger partial charge on any atom is -0.323 e. The first kappa shape index (κ1) is 19.7. The summed E-state index contributed by atoms with van der Waals surface area (Å²) in [6, 6.07) is 28.8. The number of halogens is 1. The van der Waals surface area contributed by atoms with E-state index in [0.717, 1.165) is 38.9 Å². The van der Waals surface area contributed by atoms with Crippen LogP contribution in [0.5, 0.6) is 0 Å². The molecule has 0 spiro atoms. The van der Waals surface area contributed by atoms with Crippen LogP contribution in [0.1, 0.15) is 23.7 Å². The van der Waals surface area contributed by atoms with Gasteiger partial charge in [-0.15, -0.1) is 0 Å². The Morgan fingerprint density at radius 1 is 0.879 bits per heavy atom. The van der Waals surface area contributed by atoms with Crippen LogP contribution < -0.4 is 4.90 Å². The van der Waals surface area contributed by atoms with E-state index in [-0.39, 0.29) is 17.6 Å². The molecule has 5 heteroatoms. The van der Waals surface area contributed by atoms with Crippen molar-refractivity contribution < 1.29 is 9.18 Å². The van der Waals surface area contributed by atoms with Gasteiger partial charge in [-0.25, -0.2) is 9.37 Å². The standard InChI is InChI=1S/C28H22FN3O/c29-22-14-12-19(13-15-22)17-32-26-10-4-3-9-24(26)30-28(32)21-16-27(33)31(18-21)25-11-5-7-20-6-1-2-8-23(20)25/h1-15,21H,16-18H2. The highest BCUT2D eigenvalue weighted by Crippen LogP contribution is 2.36. The first-order chi connectivity index (χ1) is 16.2. The second-order valence-corrected chi connectivity index (χ2v) is 8.57. The molecule has 0 radical (unpaired) electrons. The summed E-state index contributed by atoms with van der Waals surface area (Å²) < 4.78 is 15.6. The fourth-order valence-corrected chi connectivity index (χ4v) is 4.90. The second kappa shape index (κ2) is 7.85. The molecule has 4 aromatic carbocycles. The van der Waals surface area contributed by atoms with Crippen molar-refractivity contribution in [1.82, 2.24) is 9.55 Å². The first-order valence-electron chi connectivity index (χ1n) is 11.1. The van der Waals surface area contributed by atoms with Crippen molar-refractivity contribution in [1.29, 1.82) is 0 Å². The maximum atomic E-state index is 13.4. The van der Waals surface area contributed by atoms with E-state index in [2.05, 4.69) is 28.8 Å². The van der Waals surface area contributed by atoms with Gasteiger partial charge >= 0.3 is 0 Å². The molecule has 5 aromatic rings. The molecule has 2 heterocycles. The molecule has 0 aliphatic carbocycles. The molecule has 1 aromatic heterocycles. The highest BCUT2D eigenvalue weighted by Gasteiger charge is 2.35. The lowest BCUT2D eigenvalue weighted by atomic mass is 10.1. The Labute approximate surface area is 190 Å². The number of carbonyl (C=O) groups excluding carboxylic acids is 1. The minimum atomic E-state index is -0.249. The molecule has 1 aliphatic rings. The van der Waals surface area contributed by atoms with Crippen LogP contribution in [-0.2, 0) is 11.3 Å². The molecule has 1 unspecified atom stereocenters. The van der Waals surface area contributed by atoms with Crippen LogP contribution in [0.4, 0.5) is 10.1 Å². The van der Waals surface area contributed by atoms with E-state index in [1.54, 1.807) is 12.1 Å². The largest absolute Gasteiger partial charge is 0.323 e. The van der Waals surface area contributed by atoms with Gasteiger partial charge in [0.25, 0.3) is 0 Å². The number of benzene rings is 4. The molecule has 1 amide bonds. The van der Waals surface area contributed by atoms with Crippen molar-refractivity contribution in [3.63, 3.8) is 0 Å². The molecule has 0 N–H and O–H groups in total. The number of imidazole rings is 1. The van der Waals surface area contributed by atoms with Gasteiger partial charge in [-0.3, -0.25) is 4.79 Å². The summed E-state index contributed by atoms with van der Waals surface area (Å²) in [5.74, 6) is 0.735. The lowest BCUT2D eigenvalue weighted by Gasteiger charge is -2.19. The van der Waals surface area contributed by atoms with Gasteiger partial charge in [0.2, 0.25) is 5.91 Å². The van der Waals surface area contributed by atoms with Crippen LogP contribution in [0.15, 0.2) is 91.0 Å². The SMILES string of the molecule is O=C1CC(c2nc3ccccc3n2Cc2ccc(F)cc2)CN1c1cccc2ccccc12. The molecule has 0 bridgehead atoms. The van der Waals surface area contributed by atoms with E-state index in [1.165, 1.54) is 12.1 Å². The normalized spacial score (nSPS) is 16.2. The summed E-state index contributed by atoms with van der Waals surface area (Å²) in [5.41, 5.74) is 3.87. The first-order valence-corrected chi connectivity index (χ1v) is 11.1. The quantitative estimate of drug-likeness (QED) is 0.353. The second-order valence-electron chi connectivity index (χ2n) is 8.57. The van der Waals surface area contributed by atoms with Gasteiger partial charge in [0.1, 0.15) is 11.6 Å². The highest BCUT2D eigenvalue weighted by molar-refractivity contribution is 6.05. The number of aromatic nitrogens is 2. The number of para-hydroxylation sites is 2. The molecule has 33 heavy (non-hydrogen) atoms. The van der Waals surface area contributed by atoms with E-state index >= 15 is 0 Å². The van der Waals surface area contributed by atoms with Gasteiger partial charge in [-0.05, 0) is 41.3 Å². The maximum Gasteiger partial charge on any atom is 0.227 e. The Morgan fingerprint density at radius 2 is 1.64 bits per heavy atom. The van der Waals surface area contributed by atoms with Crippen molar-refractivity contribution in [2.24, 2.45) is 0 Å². The fraction of sp³-hybridized carbons (Fsp3) is 0.143. The molecule has 1 atom stereocenters. The number of amides is 1. The molecule has 4 nitrogen and oxygen atoms in total. The third kappa shape index (κ3) is 3.46. The van der Waals surface area contributed by atoms with Gasteiger partial charge in [0, 0.05) is 30.8 Å². The van der Waals surface area contributed by atoms with Crippen molar-refractivity contribution in [3.05, 3.63) is 108 Å². The van der Waals surface area contributed by atoms with E-state index in [1.807, 2.05) is 47.4 Å². The predicted octanol–water partition coefficient (Wildman–Crippen LogP) is 5.90. The highest BCUT2D eigenvalue weighted by atomic mass is 19.1. The van der Waals surface area contributed by atoms with Crippen LogP contribution in [0.2, 0.25) is 0 Å². The molecule has 1 aliphatic heterocycles. The number of hydrogen-bond donors (Lipinski definition) is 0. The zero-order valence-corrected chi connectivity index (χ0v) is 18.0. The summed E-state index contributed by atoms with van der Waals surface area (Å²) >= 11 is 0. The Morgan fingerprint density at radius 3 is 2.52 bits per heavy atom. The predicted molar refractivity (Wildman–Crippen MR) is 129 cm³/mol. The average Bonchev–Trinajstić information content (AvgIpc) is 3.40. The Bertz CT molecular complexity index is 1480. The van der Waals surface area contributed by atoms with E-state index < -0.39 is 0 Å². The molecule has 0 saturated carbocycles. The Balaban J connectivity index is 1.40. The van der Waals surface area contributed by atoms with Crippen LogP contribution >= 0.6 is 0 Å². The van der Waals surface area contributed by atoms with Crippen LogP contribution in [-0.4, -0.2) is 22.0 Å². The van der Waals surface area contributed by atoms with Gasteiger partial charge in [0.05, 0.1) is 16.7 Å². The molecule has 162 valence electrons. The van der Waals surface area contributed by atoms with Crippen LogP contribution in [0.25, 0.3) is 21.8 Å². The molecular weight excluding hydrogens is 413 g/mol. The number of nitrogens with zero attached hydrogens (tertiary/aromatic N) is 3. The lowest BCUT2D eigenvalue weighted by Crippen LogP contribution is -2.24. The van der Waals surface area contributed by atoms with Gasteiger partial charge < -0.3 is 9.47 Å². The monoisotopic (exact) mass is 435 g/mol. The van der Waals surface area contributed by atoms with E-state index in [4.69, 9.17) is 4.98 Å². The molecule has 1 fully saturated rings. The molecule has 1 saturated heterocycles. The Kier molecular flexibility index (Phi) is 4.68. The van der Waals surface area contributed by atoms with Crippen molar-refractivity contribution >= 4 is 33.4 Å². The molecular formula is C28H22FN3O. The summed E-state index contributed by atoms with van der Waals surface area (Å²) in [5, 5.41) is 2.20. The third-order valence-corrected chi connectivity index (χ3v) is 6.49. The summed E-state index contributed by atoms with van der Waals surface area (Å²) in [4.78, 5) is 20.0. The van der Waals surface area contributed by atoms with Crippen molar-refractivity contribution in [3.8, 4) is 0 Å². The number of rotatable bonds is 4. The molecule has 6 rings (SSSR count).